The maximum atomic E-state index is 14.0. The van der Waals surface area contributed by atoms with E-state index in [-0.39, 0.29) is 17.6 Å². The van der Waals surface area contributed by atoms with Crippen LogP contribution in [-0.4, -0.2) is 20.6 Å². The van der Waals surface area contributed by atoms with Crippen LogP contribution < -0.4 is 15.5 Å². The number of pyridine rings is 1. The normalized spacial score (nSPS) is 17.0. The molecule has 0 aliphatic carbocycles. The third kappa shape index (κ3) is 5.31. The van der Waals surface area contributed by atoms with E-state index in [1.165, 1.54) is 12.1 Å². The molecule has 41 heavy (non-hydrogen) atoms. The summed E-state index contributed by atoms with van der Waals surface area (Å²) < 4.78 is 43.7. The third-order valence-corrected chi connectivity index (χ3v) is 7.74. The van der Waals surface area contributed by atoms with Crippen molar-refractivity contribution in [2.75, 3.05) is 10.2 Å². The van der Waals surface area contributed by atoms with Crippen LogP contribution in [0.1, 0.15) is 59.2 Å². The molecule has 1 fully saturated rings. The third-order valence-electron chi connectivity index (χ3n) is 7.42. The molecule has 2 aromatic carbocycles. The number of halogens is 3. The number of thiocarbonyl (C=S) groups is 1. The van der Waals surface area contributed by atoms with Crippen LogP contribution >= 0.6 is 12.2 Å². The van der Waals surface area contributed by atoms with Crippen LogP contribution in [0, 0.1) is 20.8 Å². The molecule has 3 heterocycles. The minimum absolute atomic E-state index is 0.0718. The van der Waals surface area contributed by atoms with Gasteiger partial charge in [0.05, 0.1) is 29.0 Å². The second-order valence-corrected chi connectivity index (χ2v) is 10.5. The van der Waals surface area contributed by atoms with Crippen molar-refractivity contribution in [3.8, 4) is 5.69 Å². The molecule has 2 N–H and O–H groups in total. The second kappa shape index (κ2) is 11.0. The Hall–Kier alpha value is -4.18. The van der Waals surface area contributed by atoms with Gasteiger partial charge in [0.2, 0.25) is 5.91 Å². The summed E-state index contributed by atoms with van der Waals surface area (Å²) >= 11 is 5.85. The van der Waals surface area contributed by atoms with E-state index in [2.05, 4.69) is 15.6 Å². The predicted octanol–water partition coefficient (Wildman–Crippen LogP) is 7.34. The summed E-state index contributed by atoms with van der Waals surface area (Å²) in [6.45, 7) is 7.34. The molecule has 1 aliphatic heterocycles. The monoisotopic (exact) mass is 577 g/mol. The fourth-order valence-corrected chi connectivity index (χ4v) is 5.84. The largest absolute Gasteiger partial charge is 0.418 e. The number of anilines is 2. The van der Waals surface area contributed by atoms with Crippen molar-refractivity contribution in [3.05, 3.63) is 107 Å². The number of aryl methyl sites for hydroxylation is 2. The summed E-state index contributed by atoms with van der Waals surface area (Å²) in [7, 11) is 0. The number of carbonyl (C=O) groups excluding carboxylic acids is 1. The van der Waals surface area contributed by atoms with E-state index < -0.39 is 17.8 Å². The van der Waals surface area contributed by atoms with Gasteiger partial charge in [-0.2, -0.15) is 13.2 Å². The molecule has 1 aliphatic rings. The Morgan fingerprint density at radius 3 is 2.44 bits per heavy atom. The maximum Gasteiger partial charge on any atom is 0.418 e. The van der Waals surface area contributed by atoms with Gasteiger partial charge >= 0.3 is 6.18 Å². The zero-order chi connectivity index (χ0) is 29.5. The number of carbonyl (C=O) groups is 1. The summed E-state index contributed by atoms with van der Waals surface area (Å²) in [4.78, 5) is 18.6. The van der Waals surface area contributed by atoms with E-state index in [9.17, 15) is 18.0 Å². The minimum Gasteiger partial charge on any atom is -0.351 e. The van der Waals surface area contributed by atoms with E-state index in [4.69, 9.17) is 12.2 Å². The van der Waals surface area contributed by atoms with Gasteiger partial charge in [-0.3, -0.25) is 9.78 Å². The Morgan fingerprint density at radius 2 is 1.78 bits per heavy atom. The molecule has 0 spiro atoms. The van der Waals surface area contributed by atoms with Gasteiger partial charge in [-0.1, -0.05) is 25.1 Å². The maximum absolute atomic E-state index is 14.0. The van der Waals surface area contributed by atoms with Gasteiger partial charge in [0.1, 0.15) is 0 Å². The number of alkyl halides is 3. The lowest BCUT2D eigenvalue weighted by Crippen LogP contribution is -2.29. The molecule has 5 rings (SSSR count). The fraction of sp³-hybridized carbons (Fsp3) is 0.258. The lowest BCUT2D eigenvalue weighted by atomic mass is 9.96. The Morgan fingerprint density at radius 1 is 1.05 bits per heavy atom. The number of hydrogen-bond acceptors (Lipinski definition) is 3. The summed E-state index contributed by atoms with van der Waals surface area (Å²) in [5, 5.41) is 6.79. The number of benzene rings is 2. The fourth-order valence-electron chi connectivity index (χ4n) is 5.49. The first-order valence-electron chi connectivity index (χ1n) is 13.3. The molecule has 6 nitrogen and oxygen atoms in total. The van der Waals surface area contributed by atoms with Crippen LogP contribution in [0.15, 0.2) is 72.9 Å². The molecule has 212 valence electrons. The van der Waals surface area contributed by atoms with Crippen LogP contribution in [0.25, 0.3) is 5.69 Å². The summed E-state index contributed by atoms with van der Waals surface area (Å²) in [6, 6.07) is 18.1. The molecule has 2 unspecified atom stereocenters. The van der Waals surface area contributed by atoms with Gasteiger partial charge in [0.15, 0.2) is 5.11 Å². The highest BCUT2D eigenvalue weighted by Gasteiger charge is 2.43. The molecule has 0 radical (unpaired) electrons. The number of amides is 1. The Labute approximate surface area is 242 Å². The number of hydrogen-bond donors (Lipinski definition) is 2. The summed E-state index contributed by atoms with van der Waals surface area (Å²) in [6.07, 6.45) is -2.44. The molecule has 10 heteroatoms. The van der Waals surface area contributed by atoms with Gasteiger partial charge < -0.3 is 20.1 Å². The number of rotatable bonds is 6. The van der Waals surface area contributed by atoms with Crippen LogP contribution in [-0.2, 0) is 11.0 Å². The number of aromatic nitrogens is 2. The van der Waals surface area contributed by atoms with Gasteiger partial charge in [-0.15, -0.1) is 0 Å². The molecular formula is C31H30F3N5OS. The highest BCUT2D eigenvalue weighted by Crippen LogP contribution is 2.45. The summed E-state index contributed by atoms with van der Waals surface area (Å²) in [5.41, 5.74) is 4.64. The molecule has 4 aromatic rings. The van der Waals surface area contributed by atoms with Crippen molar-refractivity contribution < 1.29 is 18.0 Å². The first-order chi connectivity index (χ1) is 19.5. The SMILES string of the molecule is CCC(=O)Nc1ccc(N2C(=S)NC(c3ccccn3)C2c2cc(C)n(-c3ccccc3C(F)(F)F)c2C)cc1C. The zero-order valence-electron chi connectivity index (χ0n) is 23.1. The van der Waals surface area contributed by atoms with Crippen LogP contribution in [0.5, 0.6) is 0 Å². The minimum atomic E-state index is -4.51. The molecule has 1 saturated heterocycles. The van der Waals surface area contributed by atoms with E-state index in [1.54, 1.807) is 30.7 Å². The second-order valence-electron chi connectivity index (χ2n) is 10.1. The van der Waals surface area contributed by atoms with Crippen molar-refractivity contribution >= 4 is 34.6 Å². The van der Waals surface area contributed by atoms with Gasteiger partial charge in [0.25, 0.3) is 0 Å². The first-order valence-corrected chi connectivity index (χ1v) is 13.7. The van der Waals surface area contributed by atoms with Crippen molar-refractivity contribution in [2.24, 2.45) is 0 Å². The quantitative estimate of drug-likeness (QED) is 0.235. The van der Waals surface area contributed by atoms with Gasteiger partial charge in [-0.05, 0) is 92.6 Å². The highest BCUT2D eigenvalue weighted by atomic mass is 32.1. The van der Waals surface area contributed by atoms with E-state index in [0.29, 0.717) is 28.6 Å². The topological polar surface area (TPSA) is 62.2 Å². The number of nitrogens with zero attached hydrogens (tertiary/aromatic N) is 3. The lowest BCUT2D eigenvalue weighted by molar-refractivity contribution is -0.137. The molecule has 0 saturated carbocycles. The van der Waals surface area contributed by atoms with Crippen molar-refractivity contribution in [1.82, 2.24) is 14.9 Å². The van der Waals surface area contributed by atoms with Gasteiger partial charge in [0, 0.05) is 35.4 Å². The van der Waals surface area contributed by atoms with Crippen LogP contribution in [0.2, 0.25) is 0 Å². The smallest absolute Gasteiger partial charge is 0.351 e. The Kier molecular flexibility index (Phi) is 7.61. The molecule has 2 atom stereocenters. The molecule has 2 aromatic heterocycles. The average Bonchev–Trinajstić information content (AvgIpc) is 3.44. The first kappa shape index (κ1) is 28.4. The van der Waals surface area contributed by atoms with Crippen molar-refractivity contribution in [3.63, 3.8) is 0 Å². The van der Waals surface area contributed by atoms with Gasteiger partial charge in [-0.25, -0.2) is 0 Å². The molecule has 1 amide bonds. The zero-order valence-corrected chi connectivity index (χ0v) is 23.9. The number of para-hydroxylation sites is 1. The Balaban J connectivity index is 1.66. The van der Waals surface area contributed by atoms with E-state index in [1.807, 2.05) is 61.2 Å². The van der Waals surface area contributed by atoms with E-state index >= 15 is 0 Å². The molecule has 0 bridgehead atoms. The standard InChI is InChI=1S/C31H30F3N5OS/c1-5-27(40)36-24-14-13-21(16-18(24)2)39-29(28(37-30(39)41)25-11-8-9-15-35-25)22-17-19(3)38(20(22)4)26-12-7-6-10-23(26)31(32,33)34/h6-17,28-29H,5H2,1-4H3,(H,36,40)(H,37,41). The van der Waals surface area contributed by atoms with Crippen LogP contribution in [0.4, 0.5) is 24.5 Å². The van der Waals surface area contributed by atoms with E-state index in [0.717, 1.165) is 28.6 Å². The molecular weight excluding hydrogens is 547 g/mol. The number of nitrogens with one attached hydrogen (secondary N) is 2. The van der Waals surface area contributed by atoms with Crippen molar-refractivity contribution in [1.29, 1.82) is 0 Å². The predicted molar refractivity (Wildman–Crippen MR) is 158 cm³/mol. The lowest BCUT2D eigenvalue weighted by Gasteiger charge is -2.29. The van der Waals surface area contributed by atoms with Crippen molar-refractivity contribution in [2.45, 2.75) is 52.4 Å². The van der Waals surface area contributed by atoms with Crippen LogP contribution in [0.3, 0.4) is 0 Å². The highest BCUT2D eigenvalue weighted by molar-refractivity contribution is 7.80. The average molecular weight is 578 g/mol. The Bertz CT molecular complexity index is 1620. The summed E-state index contributed by atoms with van der Waals surface area (Å²) in [5.74, 6) is -0.0844.